The van der Waals surface area contributed by atoms with Crippen molar-refractivity contribution in [3.05, 3.63) is 12.2 Å². The highest BCUT2D eigenvalue weighted by Crippen LogP contribution is 1.96. The quantitative estimate of drug-likeness (QED) is 0.325. The largest absolute Gasteiger partial charge is 0.348 e. The van der Waals surface area contributed by atoms with Gasteiger partial charge in [-0.15, -0.1) is 0 Å². The van der Waals surface area contributed by atoms with Gasteiger partial charge in [0.25, 0.3) is 0 Å². The standard InChI is InChI=1S/C9H17NO/c1-3-4-5-6-7-8-10(2)9-11/h3-4,9H,5-8H2,1-2H3/b4-3-. The van der Waals surface area contributed by atoms with Crippen LogP contribution < -0.4 is 0 Å². The first-order valence-electron chi connectivity index (χ1n) is 4.08. The molecular formula is C9H17NO. The van der Waals surface area contributed by atoms with Gasteiger partial charge in [-0.25, -0.2) is 0 Å². The topological polar surface area (TPSA) is 20.3 Å². The second kappa shape index (κ2) is 7.32. The third-order valence-corrected chi connectivity index (χ3v) is 1.55. The lowest BCUT2D eigenvalue weighted by Gasteiger charge is -2.08. The Morgan fingerprint density at radius 2 is 2.09 bits per heavy atom. The molecule has 0 aliphatic rings. The molecule has 0 unspecified atom stereocenters. The van der Waals surface area contributed by atoms with Gasteiger partial charge >= 0.3 is 0 Å². The normalized spacial score (nSPS) is 10.4. The Morgan fingerprint density at radius 1 is 1.36 bits per heavy atom. The van der Waals surface area contributed by atoms with Gasteiger partial charge in [0.05, 0.1) is 0 Å². The molecule has 0 saturated carbocycles. The molecule has 64 valence electrons. The third kappa shape index (κ3) is 7.10. The van der Waals surface area contributed by atoms with Crippen molar-refractivity contribution in [2.45, 2.75) is 26.2 Å². The Bertz CT molecular complexity index is 121. The molecule has 0 spiro atoms. The minimum atomic E-state index is 0.871. The van der Waals surface area contributed by atoms with E-state index in [9.17, 15) is 4.79 Å². The summed E-state index contributed by atoms with van der Waals surface area (Å²) in [7, 11) is 1.81. The minimum absolute atomic E-state index is 0.871. The molecule has 0 bridgehead atoms. The maximum absolute atomic E-state index is 10.1. The van der Waals surface area contributed by atoms with Gasteiger partial charge in [-0.1, -0.05) is 12.2 Å². The fourth-order valence-electron chi connectivity index (χ4n) is 0.843. The van der Waals surface area contributed by atoms with Crippen LogP contribution in [0, 0.1) is 0 Å². The van der Waals surface area contributed by atoms with E-state index in [2.05, 4.69) is 12.2 Å². The molecule has 0 aromatic rings. The minimum Gasteiger partial charge on any atom is -0.348 e. The van der Waals surface area contributed by atoms with Crippen molar-refractivity contribution in [2.24, 2.45) is 0 Å². The highest BCUT2D eigenvalue weighted by atomic mass is 16.1. The molecule has 0 saturated heterocycles. The predicted octanol–water partition coefficient (Wildman–Crippen LogP) is 1.82. The van der Waals surface area contributed by atoms with Gasteiger partial charge in [0.15, 0.2) is 0 Å². The van der Waals surface area contributed by atoms with Crippen molar-refractivity contribution >= 4 is 6.41 Å². The molecule has 2 nitrogen and oxygen atoms in total. The molecule has 0 aromatic carbocycles. The molecule has 0 aliphatic carbocycles. The van der Waals surface area contributed by atoms with Crippen LogP contribution in [0.15, 0.2) is 12.2 Å². The first-order valence-corrected chi connectivity index (χ1v) is 4.08. The Kier molecular flexibility index (Phi) is 6.79. The molecule has 0 radical (unpaired) electrons. The van der Waals surface area contributed by atoms with E-state index in [0.717, 1.165) is 25.8 Å². The van der Waals surface area contributed by atoms with Crippen LogP contribution in [-0.4, -0.2) is 24.9 Å². The zero-order chi connectivity index (χ0) is 8.53. The smallest absolute Gasteiger partial charge is 0.209 e. The van der Waals surface area contributed by atoms with Crippen molar-refractivity contribution in [3.8, 4) is 0 Å². The summed E-state index contributed by atoms with van der Waals surface area (Å²) in [5.41, 5.74) is 0. The molecule has 0 rings (SSSR count). The van der Waals surface area contributed by atoms with Gasteiger partial charge in [-0.05, 0) is 26.2 Å². The van der Waals surface area contributed by atoms with E-state index in [1.54, 1.807) is 4.90 Å². The summed E-state index contributed by atoms with van der Waals surface area (Å²) in [6.07, 6.45) is 8.48. The zero-order valence-corrected chi connectivity index (χ0v) is 7.42. The van der Waals surface area contributed by atoms with Crippen molar-refractivity contribution in [1.82, 2.24) is 4.90 Å². The maximum Gasteiger partial charge on any atom is 0.209 e. The van der Waals surface area contributed by atoms with E-state index in [1.807, 2.05) is 14.0 Å². The van der Waals surface area contributed by atoms with E-state index >= 15 is 0 Å². The molecule has 0 N–H and O–H groups in total. The summed E-state index contributed by atoms with van der Waals surface area (Å²) in [6, 6.07) is 0. The fourth-order valence-corrected chi connectivity index (χ4v) is 0.843. The highest BCUT2D eigenvalue weighted by molar-refractivity contribution is 5.46. The van der Waals surface area contributed by atoms with Gasteiger partial charge < -0.3 is 4.90 Å². The van der Waals surface area contributed by atoms with Crippen LogP contribution in [0.2, 0.25) is 0 Å². The number of hydrogen-bond acceptors (Lipinski definition) is 1. The summed E-state index contributed by atoms with van der Waals surface area (Å²) in [5.74, 6) is 0. The average molecular weight is 155 g/mol. The summed E-state index contributed by atoms with van der Waals surface area (Å²) in [6.45, 7) is 2.90. The van der Waals surface area contributed by atoms with Gasteiger partial charge in [0.2, 0.25) is 6.41 Å². The van der Waals surface area contributed by atoms with Crippen molar-refractivity contribution in [2.75, 3.05) is 13.6 Å². The first kappa shape index (κ1) is 10.2. The molecule has 0 aromatic heterocycles. The molecule has 0 heterocycles. The number of unbranched alkanes of at least 4 members (excludes halogenated alkanes) is 2. The number of allylic oxidation sites excluding steroid dienone is 2. The summed E-state index contributed by atoms with van der Waals surface area (Å²) in [4.78, 5) is 11.8. The van der Waals surface area contributed by atoms with Gasteiger partial charge in [0.1, 0.15) is 0 Å². The van der Waals surface area contributed by atoms with Crippen LogP contribution in [0.1, 0.15) is 26.2 Å². The van der Waals surface area contributed by atoms with Gasteiger partial charge in [0, 0.05) is 13.6 Å². The highest BCUT2D eigenvalue weighted by Gasteiger charge is 1.90. The molecule has 2 heteroatoms. The van der Waals surface area contributed by atoms with Crippen molar-refractivity contribution in [1.29, 1.82) is 0 Å². The van der Waals surface area contributed by atoms with Crippen LogP contribution >= 0.6 is 0 Å². The van der Waals surface area contributed by atoms with Gasteiger partial charge in [-0.2, -0.15) is 0 Å². The lowest BCUT2D eigenvalue weighted by molar-refractivity contribution is -0.117. The SMILES string of the molecule is C/C=C\CCCCN(C)C=O. The van der Waals surface area contributed by atoms with E-state index < -0.39 is 0 Å². The lowest BCUT2D eigenvalue weighted by Crippen LogP contribution is -2.16. The zero-order valence-electron chi connectivity index (χ0n) is 7.42. The van der Waals surface area contributed by atoms with Crippen LogP contribution in [0.5, 0.6) is 0 Å². The lowest BCUT2D eigenvalue weighted by atomic mass is 10.2. The number of nitrogens with zero attached hydrogens (tertiary/aromatic N) is 1. The Balaban J connectivity index is 3.07. The van der Waals surface area contributed by atoms with Gasteiger partial charge in [-0.3, -0.25) is 4.79 Å². The second-order valence-corrected chi connectivity index (χ2v) is 2.65. The number of carbonyl (C=O) groups excluding carboxylic acids is 1. The van der Waals surface area contributed by atoms with Crippen LogP contribution in [0.3, 0.4) is 0 Å². The van der Waals surface area contributed by atoms with E-state index in [0.29, 0.717) is 0 Å². The molecule has 11 heavy (non-hydrogen) atoms. The number of hydrogen-bond donors (Lipinski definition) is 0. The summed E-state index contributed by atoms with van der Waals surface area (Å²) < 4.78 is 0. The first-order chi connectivity index (χ1) is 5.31. The average Bonchev–Trinajstić information content (AvgIpc) is 2.04. The number of amides is 1. The Labute approximate surface area is 68.9 Å². The monoisotopic (exact) mass is 155 g/mol. The summed E-state index contributed by atoms with van der Waals surface area (Å²) in [5, 5.41) is 0. The number of carbonyl (C=O) groups is 1. The van der Waals surface area contributed by atoms with Crippen LogP contribution in [0.4, 0.5) is 0 Å². The van der Waals surface area contributed by atoms with E-state index in [-0.39, 0.29) is 0 Å². The molecule has 0 atom stereocenters. The second-order valence-electron chi connectivity index (χ2n) is 2.65. The summed E-state index contributed by atoms with van der Waals surface area (Å²) >= 11 is 0. The van der Waals surface area contributed by atoms with E-state index in [1.165, 1.54) is 6.42 Å². The van der Waals surface area contributed by atoms with Crippen molar-refractivity contribution in [3.63, 3.8) is 0 Å². The Hall–Kier alpha value is -0.790. The molecule has 0 fully saturated rings. The fraction of sp³-hybridized carbons (Fsp3) is 0.667. The molecule has 1 amide bonds. The number of rotatable bonds is 6. The van der Waals surface area contributed by atoms with Crippen molar-refractivity contribution < 1.29 is 4.79 Å². The Morgan fingerprint density at radius 3 is 2.64 bits per heavy atom. The third-order valence-electron chi connectivity index (χ3n) is 1.55. The predicted molar refractivity (Wildman–Crippen MR) is 47.4 cm³/mol. The van der Waals surface area contributed by atoms with Crippen LogP contribution in [0.25, 0.3) is 0 Å². The maximum atomic E-state index is 10.1. The van der Waals surface area contributed by atoms with Crippen LogP contribution in [-0.2, 0) is 4.79 Å². The molecule has 0 aliphatic heterocycles. The van der Waals surface area contributed by atoms with E-state index in [4.69, 9.17) is 0 Å². The molecular weight excluding hydrogens is 138 g/mol.